The summed E-state index contributed by atoms with van der Waals surface area (Å²) in [6, 6.07) is 0. The van der Waals surface area contributed by atoms with Gasteiger partial charge in [0.2, 0.25) is 5.95 Å². The molecule has 0 aromatic carbocycles. The van der Waals surface area contributed by atoms with Gasteiger partial charge in [-0.3, -0.25) is 0 Å². The Bertz CT molecular complexity index is 646. The maximum absolute atomic E-state index is 9.92. The van der Waals surface area contributed by atoms with Crippen LogP contribution in [0.2, 0.25) is 0 Å². The molecule has 0 bridgehead atoms. The lowest BCUT2D eigenvalue weighted by atomic mass is 10.1. The molecule has 3 heterocycles. The largest absolute Gasteiger partial charge is 0.394 e. The van der Waals surface area contributed by atoms with E-state index in [-0.39, 0.29) is 17.4 Å². The summed E-state index contributed by atoms with van der Waals surface area (Å²) < 4.78 is 6.63. The number of nitrogens with zero attached hydrogens (tertiary/aromatic N) is 4. The van der Waals surface area contributed by atoms with E-state index >= 15 is 0 Å². The first-order valence-electron chi connectivity index (χ1n) is 5.91. The molecule has 4 unspecified atom stereocenters. The normalized spacial score (nSPS) is 30.1. The number of hydrogen-bond acceptors (Lipinski definition) is 9. The fourth-order valence-corrected chi connectivity index (χ4v) is 2.19. The van der Waals surface area contributed by atoms with Gasteiger partial charge in [0.1, 0.15) is 24.1 Å². The van der Waals surface area contributed by atoms with Crippen LogP contribution in [0.4, 0.5) is 11.8 Å². The lowest BCUT2D eigenvalue weighted by Gasteiger charge is -2.14. The van der Waals surface area contributed by atoms with Gasteiger partial charge < -0.3 is 31.5 Å². The summed E-state index contributed by atoms with van der Waals surface area (Å²) >= 11 is 0. The molecule has 1 fully saturated rings. The molecule has 0 amide bonds. The number of nitrogen functional groups attached to an aromatic ring is 2. The van der Waals surface area contributed by atoms with Gasteiger partial charge in [0.15, 0.2) is 11.9 Å². The summed E-state index contributed by atoms with van der Waals surface area (Å²) in [6.07, 6.45) is -2.77. The highest BCUT2D eigenvalue weighted by molar-refractivity contribution is 5.85. The first kappa shape index (κ1) is 13.0. The molecule has 0 aliphatic carbocycles. The number of aliphatic hydroxyl groups excluding tert-OH is 3. The minimum atomic E-state index is -1.23. The second-order valence-electron chi connectivity index (χ2n) is 4.54. The minimum absolute atomic E-state index is 0.0126. The standard InChI is InChI=1S/C10H14N6O4/c11-7-3-1-16(15-8(3)14-10(12)13-7)9-6(19)5(18)4(2-17)20-9/h1,4-6,9,17-19H,2H2,(H4,11,12,13,14,15). The second-order valence-corrected chi connectivity index (χ2v) is 4.54. The van der Waals surface area contributed by atoms with Crippen molar-refractivity contribution in [1.82, 2.24) is 19.7 Å². The van der Waals surface area contributed by atoms with Crippen molar-refractivity contribution in [3.05, 3.63) is 6.20 Å². The van der Waals surface area contributed by atoms with E-state index < -0.39 is 31.1 Å². The van der Waals surface area contributed by atoms with Crippen molar-refractivity contribution in [2.45, 2.75) is 24.5 Å². The molecule has 1 saturated heterocycles. The molecular formula is C10H14N6O4. The summed E-state index contributed by atoms with van der Waals surface area (Å²) in [4.78, 5) is 7.72. The Morgan fingerprint density at radius 2 is 2.00 bits per heavy atom. The van der Waals surface area contributed by atoms with Crippen LogP contribution >= 0.6 is 0 Å². The number of anilines is 2. The van der Waals surface area contributed by atoms with Gasteiger partial charge in [-0.15, -0.1) is 5.10 Å². The van der Waals surface area contributed by atoms with Crippen molar-refractivity contribution in [1.29, 1.82) is 0 Å². The van der Waals surface area contributed by atoms with Gasteiger partial charge in [-0.25, -0.2) is 4.68 Å². The third-order valence-electron chi connectivity index (χ3n) is 3.22. The highest BCUT2D eigenvalue weighted by Gasteiger charge is 2.43. The lowest BCUT2D eigenvalue weighted by Crippen LogP contribution is -2.33. The highest BCUT2D eigenvalue weighted by atomic mass is 16.6. The van der Waals surface area contributed by atoms with Crippen LogP contribution in [0.15, 0.2) is 6.20 Å². The first-order chi connectivity index (χ1) is 9.51. The maximum Gasteiger partial charge on any atom is 0.224 e. The van der Waals surface area contributed by atoms with E-state index in [1.165, 1.54) is 10.9 Å². The quantitative estimate of drug-likeness (QED) is 0.403. The average molecular weight is 282 g/mol. The number of fused-ring (bicyclic) bond motifs is 1. The van der Waals surface area contributed by atoms with Crippen molar-refractivity contribution in [3.8, 4) is 0 Å². The average Bonchev–Trinajstić information content (AvgIpc) is 2.93. The topological polar surface area (TPSA) is 166 Å². The Kier molecular flexibility index (Phi) is 2.94. The molecule has 0 radical (unpaired) electrons. The highest BCUT2D eigenvalue weighted by Crippen LogP contribution is 2.30. The predicted octanol–water partition coefficient (Wildman–Crippen LogP) is -2.40. The molecule has 0 saturated carbocycles. The number of rotatable bonds is 2. The van der Waals surface area contributed by atoms with Crippen LogP contribution in [0.3, 0.4) is 0 Å². The molecule has 20 heavy (non-hydrogen) atoms. The van der Waals surface area contributed by atoms with E-state index in [2.05, 4.69) is 15.1 Å². The van der Waals surface area contributed by atoms with Gasteiger partial charge in [0, 0.05) is 6.20 Å². The summed E-state index contributed by atoms with van der Waals surface area (Å²) in [5.41, 5.74) is 11.4. The minimum Gasteiger partial charge on any atom is -0.394 e. The van der Waals surface area contributed by atoms with Gasteiger partial charge in [-0.2, -0.15) is 9.97 Å². The molecule has 2 aromatic rings. The third-order valence-corrected chi connectivity index (χ3v) is 3.22. The van der Waals surface area contributed by atoms with Gasteiger partial charge in [-0.05, 0) is 0 Å². The lowest BCUT2D eigenvalue weighted by molar-refractivity contribution is -0.0583. The van der Waals surface area contributed by atoms with Crippen molar-refractivity contribution in [2.75, 3.05) is 18.1 Å². The van der Waals surface area contributed by atoms with E-state index in [9.17, 15) is 10.2 Å². The van der Waals surface area contributed by atoms with E-state index in [0.29, 0.717) is 5.39 Å². The fraction of sp³-hybridized carbons (Fsp3) is 0.500. The van der Waals surface area contributed by atoms with Gasteiger partial charge in [-0.1, -0.05) is 0 Å². The fourth-order valence-electron chi connectivity index (χ4n) is 2.19. The molecule has 3 rings (SSSR count). The third kappa shape index (κ3) is 1.86. The van der Waals surface area contributed by atoms with E-state index in [0.717, 1.165) is 0 Å². The number of aromatic nitrogens is 4. The van der Waals surface area contributed by atoms with Gasteiger partial charge in [0.25, 0.3) is 0 Å². The zero-order valence-corrected chi connectivity index (χ0v) is 10.3. The molecule has 4 atom stereocenters. The SMILES string of the molecule is Nc1nc(N)c2cn(C3OC(CO)C(O)C3O)nc2n1. The Morgan fingerprint density at radius 1 is 1.25 bits per heavy atom. The molecule has 10 heteroatoms. The van der Waals surface area contributed by atoms with Crippen molar-refractivity contribution in [3.63, 3.8) is 0 Å². The molecule has 1 aliphatic heterocycles. The molecular weight excluding hydrogens is 268 g/mol. The number of nitrogens with two attached hydrogens (primary N) is 2. The van der Waals surface area contributed by atoms with E-state index in [4.69, 9.17) is 21.3 Å². The molecule has 10 nitrogen and oxygen atoms in total. The maximum atomic E-state index is 9.92. The molecule has 0 spiro atoms. The Morgan fingerprint density at radius 3 is 2.65 bits per heavy atom. The van der Waals surface area contributed by atoms with Crippen molar-refractivity contribution >= 4 is 22.8 Å². The zero-order valence-electron chi connectivity index (χ0n) is 10.3. The number of hydrogen-bond donors (Lipinski definition) is 5. The van der Waals surface area contributed by atoms with Crippen LogP contribution in [0.5, 0.6) is 0 Å². The zero-order chi connectivity index (χ0) is 14.4. The second kappa shape index (κ2) is 4.52. The smallest absolute Gasteiger partial charge is 0.224 e. The molecule has 2 aromatic heterocycles. The molecule has 1 aliphatic rings. The van der Waals surface area contributed by atoms with E-state index in [1.807, 2.05) is 0 Å². The summed E-state index contributed by atoms with van der Waals surface area (Å²) in [7, 11) is 0. The molecule has 108 valence electrons. The van der Waals surface area contributed by atoms with Crippen LogP contribution < -0.4 is 11.5 Å². The molecule has 7 N–H and O–H groups in total. The van der Waals surface area contributed by atoms with Crippen LogP contribution in [0, 0.1) is 0 Å². The van der Waals surface area contributed by atoms with Crippen LogP contribution in [0.1, 0.15) is 6.23 Å². The summed E-state index contributed by atoms with van der Waals surface area (Å²) in [5, 5.41) is 33.2. The predicted molar refractivity (Wildman–Crippen MR) is 67.2 cm³/mol. The van der Waals surface area contributed by atoms with Crippen molar-refractivity contribution in [2.24, 2.45) is 0 Å². The Labute approximate surface area is 112 Å². The van der Waals surface area contributed by atoms with Crippen LogP contribution in [0.25, 0.3) is 11.0 Å². The Hall–Kier alpha value is -2.01. The van der Waals surface area contributed by atoms with Crippen LogP contribution in [-0.2, 0) is 4.74 Å². The van der Waals surface area contributed by atoms with Crippen molar-refractivity contribution < 1.29 is 20.1 Å². The number of aliphatic hydroxyl groups is 3. The summed E-state index contributed by atoms with van der Waals surface area (Å²) in [6.45, 7) is -0.412. The first-order valence-corrected chi connectivity index (χ1v) is 5.91. The Balaban J connectivity index is 2.01. The number of ether oxygens (including phenoxy) is 1. The van der Waals surface area contributed by atoms with Gasteiger partial charge >= 0.3 is 0 Å². The van der Waals surface area contributed by atoms with E-state index in [1.54, 1.807) is 0 Å². The van der Waals surface area contributed by atoms with Gasteiger partial charge in [0.05, 0.1) is 12.0 Å². The van der Waals surface area contributed by atoms with Crippen LogP contribution in [-0.4, -0.2) is 60.0 Å². The summed E-state index contributed by atoms with van der Waals surface area (Å²) in [5.74, 6) is 0.145. The monoisotopic (exact) mass is 282 g/mol.